The predicted molar refractivity (Wildman–Crippen MR) is 99.6 cm³/mol. The number of nitrogens with zero attached hydrogens (tertiary/aromatic N) is 3. The van der Waals surface area contributed by atoms with E-state index in [0.29, 0.717) is 19.5 Å². The number of piperidine rings is 1. The van der Waals surface area contributed by atoms with Gasteiger partial charge in [0.15, 0.2) is 0 Å². The minimum absolute atomic E-state index is 0.0988. The predicted octanol–water partition coefficient (Wildman–Crippen LogP) is 2.80. The Morgan fingerprint density at radius 2 is 2.04 bits per heavy atom. The maximum Gasteiger partial charge on any atom is 0.281 e. The van der Waals surface area contributed by atoms with Crippen LogP contribution in [0.4, 0.5) is 4.39 Å². The molecule has 5 nitrogen and oxygen atoms in total. The first-order valence-corrected chi connectivity index (χ1v) is 10.1. The summed E-state index contributed by atoms with van der Waals surface area (Å²) >= 11 is 0. The first kappa shape index (κ1) is 18.9. The van der Waals surface area contributed by atoms with Gasteiger partial charge in [0.1, 0.15) is 5.82 Å². The molecule has 3 rings (SSSR count). The van der Waals surface area contributed by atoms with Crippen LogP contribution in [0.5, 0.6) is 0 Å². The van der Waals surface area contributed by atoms with E-state index in [2.05, 4.69) is 4.98 Å². The lowest BCUT2D eigenvalue weighted by Gasteiger charge is -2.33. The lowest BCUT2D eigenvalue weighted by atomic mass is 9.95. The van der Waals surface area contributed by atoms with Gasteiger partial charge in [-0.05, 0) is 48.6 Å². The Bertz CT molecular complexity index is 853. The van der Waals surface area contributed by atoms with Crippen molar-refractivity contribution in [3.05, 3.63) is 65.2 Å². The third-order valence-electron chi connectivity index (χ3n) is 4.74. The van der Waals surface area contributed by atoms with E-state index in [-0.39, 0.29) is 11.7 Å². The molecule has 1 fully saturated rings. The molecule has 0 radical (unpaired) electrons. The molecular weight excluding hydrogens is 353 g/mol. The molecule has 7 heteroatoms. The first-order valence-electron chi connectivity index (χ1n) is 8.73. The molecule has 2 heterocycles. The van der Waals surface area contributed by atoms with E-state index in [1.807, 2.05) is 18.2 Å². The van der Waals surface area contributed by atoms with Gasteiger partial charge in [-0.2, -0.15) is 17.0 Å². The molecule has 0 amide bonds. The first-order chi connectivity index (χ1) is 12.4. The van der Waals surface area contributed by atoms with E-state index in [1.54, 1.807) is 26.4 Å². The Labute approximate surface area is 154 Å². The second kappa shape index (κ2) is 7.82. The van der Waals surface area contributed by atoms with Crippen molar-refractivity contribution in [2.45, 2.75) is 25.2 Å². The summed E-state index contributed by atoms with van der Waals surface area (Å²) in [5, 5.41) is 0. The minimum atomic E-state index is -3.39. The minimum Gasteiger partial charge on any atom is -0.261 e. The Morgan fingerprint density at radius 3 is 2.69 bits per heavy atom. The van der Waals surface area contributed by atoms with Crippen LogP contribution in [0.2, 0.25) is 0 Å². The quantitative estimate of drug-likeness (QED) is 0.805. The summed E-state index contributed by atoms with van der Waals surface area (Å²) in [5.41, 5.74) is 2.82. The molecule has 1 aliphatic rings. The zero-order valence-electron chi connectivity index (χ0n) is 15.1. The molecule has 2 aromatic rings. The van der Waals surface area contributed by atoms with E-state index in [9.17, 15) is 12.8 Å². The molecular formula is C19H24FN3O2S. The highest BCUT2D eigenvalue weighted by Gasteiger charge is 2.31. The van der Waals surface area contributed by atoms with Crippen LogP contribution >= 0.6 is 0 Å². The highest BCUT2D eigenvalue weighted by Crippen LogP contribution is 2.27. The van der Waals surface area contributed by atoms with Crippen molar-refractivity contribution < 1.29 is 12.8 Å². The molecule has 1 aromatic heterocycles. The smallest absolute Gasteiger partial charge is 0.261 e. The fourth-order valence-corrected chi connectivity index (χ4v) is 4.48. The average molecular weight is 377 g/mol. The largest absolute Gasteiger partial charge is 0.281 e. The van der Waals surface area contributed by atoms with Crippen molar-refractivity contribution in [2.24, 2.45) is 0 Å². The number of pyridine rings is 1. The van der Waals surface area contributed by atoms with Gasteiger partial charge in [-0.1, -0.05) is 18.2 Å². The topological polar surface area (TPSA) is 53.5 Å². The maximum absolute atomic E-state index is 13.3. The zero-order valence-corrected chi connectivity index (χ0v) is 15.9. The van der Waals surface area contributed by atoms with E-state index in [4.69, 9.17) is 0 Å². The molecule has 1 aliphatic heterocycles. The van der Waals surface area contributed by atoms with E-state index < -0.39 is 10.2 Å². The van der Waals surface area contributed by atoms with Gasteiger partial charge in [-0.15, -0.1) is 0 Å². The lowest BCUT2D eigenvalue weighted by molar-refractivity contribution is 0.296. The van der Waals surface area contributed by atoms with E-state index in [1.165, 1.54) is 20.7 Å². The van der Waals surface area contributed by atoms with Gasteiger partial charge < -0.3 is 0 Å². The van der Waals surface area contributed by atoms with Crippen LogP contribution in [0.1, 0.15) is 35.6 Å². The molecule has 0 N–H and O–H groups in total. The summed E-state index contributed by atoms with van der Waals surface area (Å²) in [6, 6.07) is 10.5. The van der Waals surface area contributed by atoms with Gasteiger partial charge in [0.25, 0.3) is 10.2 Å². The summed E-state index contributed by atoms with van der Waals surface area (Å²) in [4.78, 5) is 4.55. The van der Waals surface area contributed by atoms with Crippen molar-refractivity contribution in [2.75, 3.05) is 27.2 Å². The highest BCUT2D eigenvalue weighted by atomic mass is 32.2. The lowest BCUT2D eigenvalue weighted by Crippen LogP contribution is -2.45. The fraction of sp³-hybridized carbons (Fsp3) is 0.421. The van der Waals surface area contributed by atoms with Crippen LogP contribution in [-0.2, 0) is 16.6 Å². The van der Waals surface area contributed by atoms with Gasteiger partial charge >= 0.3 is 0 Å². The fourth-order valence-electron chi connectivity index (χ4n) is 3.29. The summed E-state index contributed by atoms with van der Waals surface area (Å²) in [6.07, 6.45) is 4.18. The summed E-state index contributed by atoms with van der Waals surface area (Å²) < 4.78 is 40.8. The molecule has 0 aliphatic carbocycles. The van der Waals surface area contributed by atoms with Crippen LogP contribution in [0, 0.1) is 5.82 Å². The molecule has 0 saturated carbocycles. The Balaban J connectivity index is 1.70. The Morgan fingerprint density at radius 1 is 1.23 bits per heavy atom. The van der Waals surface area contributed by atoms with Crippen molar-refractivity contribution in [1.82, 2.24) is 13.6 Å². The third kappa shape index (κ3) is 4.28. The third-order valence-corrected chi connectivity index (χ3v) is 6.64. The number of aromatic nitrogens is 1. The van der Waals surface area contributed by atoms with E-state index >= 15 is 0 Å². The van der Waals surface area contributed by atoms with Crippen LogP contribution in [0.3, 0.4) is 0 Å². The monoisotopic (exact) mass is 377 g/mol. The maximum atomic E-state index is 13.3. The van der Waals surface area contributed by atoms with Crippen LogP contribution in [0.25, 0.3) is 0 Å². The molecule has 0 bridgehead atoms. The standard InChI is InChI=1S/C19H24FN3O2S/c1-22(2)26(24,25)23-10-4-6-17(14-23)19-9-8-16(13-21-19)11-15-5-3-7-18(20)12-15/h3,5,7-9,12-13,17H,4,6,10-11,14H2,1-2H3. The number of benzene rings is 1. The summed E-state index contributed by atoms with van der Waals surface area (Å²) in [5.74, 6) is -0.141. The van der Waals surface area contributed by atoms with Crippen LogP contribution < -0.4 is 0 Å². The average Bonchev–Trinajstić information content (AvgIpc) is 2.62. The van der Waals surface area contributed by atoms with Gasteiger partial charge in [-0.3, -0.25) is 4.98 Å². The number of hydrogen-bond donors (Lipinski definition) is 0. The Hall–Kier alpha value is -1.83. The van der Waals surface area contributed by atoms with Crippen molar-refractivity contribution in [3.63, 3.8) is 0 Å². The molecule has 140 valence electrons. The molecule has 1 saturated heterocycles. The zero-order chi connectivity index (χ0) is 18.7. The van der Waals surface area contributed by atoms with Crippen molar-refractivity contribution in [1.29, 1.82) is 0 Å². The van der Waals surface area contributed by atoms with Gasteiger partial charge in [0.2, 0.25) is 0 Å². The Kier molecular flexibility index (Phi) is 5.70. The number of hydrogen-bond acceptors (Lipinski definition) is 3. The van der Waals surface area contributed by atoms with Gasteiger partial charge in [0, 0.05) is 45.0 Å². The van der Waals surface area contributed by atoms with Crippen molar-refractivity contribution >= 4 is 10.2 Å². The SMILES string of the molecule is CN(C)S(=O)(=O)N1CCCC(c2ccc(Cc3cccc(F)c3)cn2)C1. The number of rotatable bonds is 5. The molecule has 1 aromatic carbocycles. The normalized spacial score (nSPS) is 19.0. The van der Waals surface area contributed by atoms with Crippen molar-refractivity contribution in [3.8, 4) is 0 Å². The van der Waals surface area contributed by atoms with Crippen LogP contribution in [-0.4, -0.2) is 49.2 Å². The summed E-state index contributed by atoms with van der Waals surface area (Å²) in [6.45, 7) is 1.01. The van der Waals surface area contributed by atoms with E-state index in [0.717, 1.165) is 29.7 Å². The number of halogens is 1. The van der Waals surface area contributed by atoms with Gasteiger partial charge in [-0.25, -0.2) is 4.39 Å². The molecule has 26 heavy (non-hydrogen) atoms. The molecule has 0 spiro atoms. The second-order valence-electron chi connectivity index (χ2n) is 6.89. The second-order valence-corrected chi connectivity index (χ2v) is 9.03. The van der Waals surface area contributed by atoms with Crippen LogP contribution in [0.15, 0.2) is 42.6 Å². The summed E-state index contributed by atoms with van der Waals surface area (Å²) in [7, 11) is -0.282. The molecule has 1 atom stereocenters. The highest BCUT2D eigenvalue weighted by molar-refractivity contribution is 7.86. The molecule has 1 unspecified atom stereocenters. The van der Waals surface area contributed by atoms with Gasteiger partial charge in [0.05, 0.1) is 0 Å².